The van der Waals surface area contributed by atoms with Crippen molar-refractivity contribution in [3.8, 4) is 17.4 Å². The van der Waals surface area contributed by atoms with E-state index in [-0.39, 0.29) is 0 Å². The van der Waals surface area contributed by atoms with Crippen molar-refractivity contribution in [1.29, 1.82) is 0 Å². The molecule has 1 N–H and O–H groups in total. The maximum absolute atomic E-state index is 6.23. The second-order valence-corrected chi connectivity index (χ2v) is 7.28. The summed E-state index contributed by atoms with van der Waals surface area (Å²) in [6, 6.07) is 16.9. The molecule has 5 nitrogen and oxygen atoms in total. The lowest BCUT2D eigenvalue weighted by molar-refractivity contribution is 0.269. The Balaban J connectivity index is 1.52. The molecule has 0 saturated carbocycles. The number of hydrogen-bond acceptors (Lipinski definition) is 5. The Hall–Kier alpha value is -2.47. The minimum atomic E-state index is 0.332. The third-order valence-corrected chi connectivity index (χ3v) is 4.79. The standard InChI is InChI=1S/C23H24Cl2N2O3/c1-2-28-22-13-17(15-26-11-12-29-23-5-3-4-10-27-23)6-9-21(22)30-16-18-7-8-19(24)14-20(18)25/h3-10,13-14,26H,2,11-12,15-16H2,1H3. The van der Waals surface area contributed by atoms with Crippen LogP contribution in [0.1, 0.15) is 18.1 Å². The average molecular weight is 447 g/mol. The first kappa shape index (κ1) is 22.2. The first-order valence-electron chi connectivity index (χ1n) is 9.72. The van der Waals surface area contributed by atoms with Crippen LogP contribution in [0.4, 0.5) is 0 Å². The van der Waals surface area contributed by atoms with E-state index in [1.807, 2.05) is 49.4 Å². The molecule has 3 aromatic rings. The topological polar surface area (TPSA) is 52.6 Å². The van der Waals surface area contributed by atoms with Gasteiger partial charge in [0, 0.05) is 41.0 Å². The van der Waals surface area contributed by atoms with E-state index in [2.05, 4.69) is 10.3 Å². The van der Waals surface area contributed by atoms with Crippen LogP contribution in [-0.2, 0) is 13.2 Å². The summed E-state index contributed by atoms with van der Waals surface area (Å²) >= 11 is 12.2. The van der Waals surface area contributed by atoms with Gasteiger partial charge in [-0.15, -0.1) is 0 Å². The molecule has 158 valence electrons. The second-order valence-electron chi connectivity index (χ2n) is 6.43. The summed E-state index contributed by atoms with van der Waals surface area (Å²) in [6.07, 6.45) is 1.71. The first-order valence-corrected chi connectivity index (χ1v) is 10.5. The van der Waals surface area contributed by atoms with Crippen LogP contribution < -0.4 is 19.5 Å². The highest BCUT2D eigenvalue weighted by Gasteiger charge is 2.09. The SMILES string of the molecule is CCOc1cc(CNCCOc2ccccn2)ccc1OCc1ccc(Cl)cc1Cl. The van der Waals surface area contributed by atoms with Crippen molar-refractivity contribution in [2.75, 3.05) is 19.8 Å². The molecule has 0 radical (unpaired) electrons. The number of aromatic nitrogens is 1. The highest BCUT2D eigenvalue weighted by Crippen LogP contribution is 2.30. The number of pyridine rings is 1. The van der Waals surface area contributed by atoms with E-state index in [9.17, 15) is 0 Å². The minimum absolute atomic E-state index is 0.332. The Bertz CT molecular complexity index is 939. The zero-order valence-electron chi connectivity index (χ0n) is 16.7. The lowest BCUT2D eigenvalue weighted by Crippen LogP contribution is -2.20. The van der Waals surface area contributed by atoms with Gasteiger partial charge in [-0.3, -0.25) is 0 Å². The number of nitrogens with one attached hydrogen (secondary N) is 1. The lowest BCUT2D eigenvalue weighted by atomic mass is 10.2. The fourth-order valence-corrected chi connectivity index (χ4v) is 3.20. The summed E-state index contributed by atoms with van der Waals surface area (Å²) in [5.74, 6) is 2.00. The lowest BCUT2D eigenvalue weighted by Gasteiger charge is -2.14. The molecular formula is C23H24Cl2N2O3. The quantitative estimate of drug-likeness (QED) is 0.392. The van der Waals surface area contributed by atoms with Gasteiger partial charge in [0.25, 0.3) is 0 Å². The van der Waals surface area contributed by atoms with Gasteiger partial charge in [-0.1, -0.05) is 41.4 Å². The molecule has 0 aliphatic rings. The zero-order chi connectivity index (χ0) is 21.2. The minimum Gasteiger partial charge on any atom is -0.490 e. The van der Waals surface area contributed by atoms with Gasteiger partial charge in [0.05, 0.1) is 6.61 Å². The van der Waals surface area contributed by atoms with Crippen LogP contribution in [0, 0.1) is 0 Å². The van der Waals surface area contributed by atoms with Crippen LogP contribution >= 0.6 is 23.2 Å². The molecule has 0 aliphatic heterocycles. The number of rotatable bonds is 11. The first-order chi connectivity index (χ1) is 14.7. The Morgan fingerprint density at radius 3 is 2.60 bits per heavy atom. The third-order valence-electron chi connectivity index (χ3n) is 4.20. The van der Waals surface area contributed by atoms with Gasteiger partial charge in [0.2, 0.25) is 5.88 Å². The summed E-state index contributed by atoms with van der Waals surface area (Å²) in [4.78, 5) is 4.13. The molecule has 2 aromatic carbocycles. The van der Waals surface area contributed by atoms with E-state index in [1.54, 1.807) is 18.3 Å². The molecule has 0 aliphatic carbocycles. The van der Waals surface area contributed by atoms with Crippen molar-refractivity contribution in [3.63, 3.8) is 0 Å². The van der Waals surface area contributed by atoms with Crippen molar-refractivity contribution < 1.29 is 14.2 Å². The molecule has 0 unspecified atom stereocenters. The van der Waals surface area contributed by atoms with Crippen molar-refractivity contribution in [2.45, 2.75) is 20.1 Å². The summed E-state index contributed by atoms with van der Waals surface area (Å²) in [6.45, 7) is 4.76. The molecule has 1 aromatic heterocycles. The molecule has 3 rings (SSSR count). The molecule has 0 atom stereocenters. The molecule has 0 bridgehead atoms. The number of halogens is 2. The number of ether oxygens (including phenoxy) is 3. The van der Waals surface area contributed by atoms with Crippen LogP contribution in [0.15, 0.2) is 60.8 Å². The third kappa shape index (κ3) is 6.80. The maximum Gasteiger partial charge on any atom is 0.213 e. The van der Waals surface area contributed by atoms with Crippen molar-refractivity contribution >= 4 is 23.2 Å². The summed E-state index contributed by atoms with van der Waals surface area (Å²) in [5.41, 5.74) is 1.95. The van der Waals surface area contributed by atoms with Crippen molar-refractivity contribution in [1.82, 2.24) is 10.3 Å². The molecular weight excluding hydrogens is 423 g/mol. The summed E-state index contributed by atoms with van der Waals surface area (Å²) in [5, 5.41) is 4.53. The summed E-state index contributed by atoms with van der Waals surface area (Å²) in [7, 11) is 0. The number of hydrogen-bond donors (Lipinski definition) is 1. The number of nitrogens with zero attached hydrogens (tertiary/aromatic N) is 1. The predicted molar refractivity (Wildman–Crippen MR) is 120 cm³/mol. The monoisotopic (exact) mass is 446 g/mol. The molecule has 0 saturated heterocycles. The predicted octanol–water partition coefficient (Wildman–Crippen LogP) is 5.53. The van der Waals surface area contributed by atoms with Crippen molar-refractivity contribution in [3.05, 3.63) is 82.0 Å². The second kappa shape index (κ2) is 11.6. The number of benzene rings is 2. The highest BCUT2D eigenvalue weighted by molar-refractivity contribution is 6.35. The van der Waals surface area contributed by atoms with E-state index in [0.29, 0.717) is 60.3 Å². The van der Waals surface area contributed by atoms with Gasteiger partial charge >= 0.3 is 0 Å². The fourth-order valence-electron chi connectivity index (χ4n) is 2.74. The van der Waals surface area contributed by atoms with Gasteiger partial charge in [0.1, 0.15) is 13.2 Å². The zero-order valence-corrected chi connectivity index (χ0v) is 18.2. The Labute approximate surface area is 186 Å². The van der Waals surface area contributed by atoms with Crippen LogP contribution in [-0.4, -0.2) is 24.7 Å². The molecule has 1 heterocycles. The van der Waals surface area contributed by atoms with E-state index < -0.39 is 0 Å². The van der Waals surface area contributed by atoms with Gasteiger partial charge in [-0.25, -0.2) is 4.98 Å². The maximum atomic E-state index is 6.23. The fraction of sp³-hybridized carbons (Fsp3) is 0.261. The van der Waals surface area contributed by atoms with Gasteiger partial charge < -0.3 is 19.5 Å². The smallest absolute Gasteiger partial charge is 0.213 e. The summed E-state index contributed by atoms with van der Waals surface area (Å²) < 4.78 is 17.3. The normalized spacial score (nSPS) is 10.6. The molecule has 0 spiro atoms. The van der Waals surface area contributed by atoms with E-state index >= 15 is 0 Å². The Morgan fingerprint density at radius 2 is 1.83 bits per heavy atom. The van der Waals surface area contributed by atoms with Crippen LogP contribution in [0.25, 0.3) is 0 Å². The van der Waals surface area contributed by atoms with Crippen LogP contribution in [0.5, 0.6) is 17.4 Å². The Morgan fingerprint density at radius 1 is 0.933 bits per heavy atom. The van der Waals surface area contributed by atoms with Gasteiger partial charge in [-0.05, 0) is 42.8 Å². The largest absolute Gasteiger partial charge is 0.490 e. The van der Waals surface area contributed by atoms with E-state index in [4.69, 9.17) is 37.4 Å². The van der Waals surface area contributed by atoms with Crippen LogP contribution in [0.2, 0.25) is 10.0 Å². The van der Waals surface area contributed by atoms with Crippen LogP contribution in [0.3, 0.4) is 0 Å². The highest BCUT2D eigenvalue weighted by atomic mass is 35.5. The average Bonchev–Trinajstić information content (AvgIpc) is 2.75. The Kier molecular flexibility index (Phi) is 8.63. The molecule has 0 fully saturated rings. The van der Waals surface area contributed by atoms with E-state index in [1.165, 1.54) is 0 Å². The van der Waals surface area contributed by atoms with Gasteiger partial charge in [-0.2, -0.15) is 0 Å². The van der Waals surface area contributed by atoms with Crippen molar-refractivity contribution in [2.24, 2.45) is 0 Å². The molecule has 0 amide bonds. The molecule has 7 heteroatoms. The van der Waals surface area contributed by atoms with Gasteiger partial charge in [0.15, 0.2) is 11.5 Å². The van der Waals surface area contributed by atoms with E-state index in [0.717, 1.165) is 11.1 Å². The molecule has 30 heavy (non-hydrogen) atoms.